The molecule has 0 saturated heterocycles. The number of anilines is 1. The molecule has 0 spiro atoms. The van der Waals surface area contributed by atoms with E-state index >= 15 is 0 Å². The molecular weight excluding hydrogens is 352 g/mol. The van der Waals surface area contributed by atoms with Crippen molar-refractivity contribution in [2.24, 2.45) is 5.73 Å². The number of fused-ring (bicyclic) bond motifs is 2. The van der Waals surface area contributed by atoms with Gasteiger partial charge >= 0.3 is 0 Å². The number of H-pyrrole nitrogens is 1. The normalized spacial score (nSPS) is 21.6. The van der Waals surface area contributed by atoms with Crippen molar-refractivity contribution in [1.82, 2.24) is 20.3 Å². The maximum atomic E-state index is 12.1. The predicted octanol–water partition coefficient (Wildman–Crippen LogP) is 2.51. The Labute approximate surface area is 163 Å². The Kier molecular flexibility index (Phi) is 4.05. The van der Waals surface area contributed by atoms with E-state index in [0.717, 1.165) is 70.7 Å². The molecule has 2 aromatic heterocycles. The van der Waals surface area contributed by atoms with E-state index in [9.17, 15) is 4.79 Å². The molecule has 1 amide bonds. The van der Waals surface area contributed by atoms with Gasteiger partial charge in [0.2, 0.25) is 0 Å². The van der Waals surface area contributed by atoms with Gasteiger partial charge in [0.05, 0.1) is 16.8 Å². The topological polar surface area (TPSA) is 109 Å². The molecule has 7 heteroatoms. The second-order valence-corrected chi connectivity index (χ2v) is 7.83. The number of rotatable bonds is 3. The number of aryl methyl sites for hydroxylation is 1. The number of nitrogens with two attached hydrogens (primary N) is 1. The lowest BCUT2D eigenvalue weighted by Crippen LogP contribution is -2.31. The van der Waals surface area contributed by atoms with Crippen molar-refractivity contribution in [2.45, 2.75) is 44.7 Å². The van der Waals surface area contributed by atoms with Gasteiger partial charge in [0.25, 0.3) is 5.91 Å². The van der Waals surface area contributed by atoms with Gasteiger partial charge in [-0.3, -0.25) is 4.79 Å². The molecule has 7 nitrogen and oxygen atoms in total. The van der Waals surface area contributed by atoms with Gasteiger partial charge in [0.1, 0.15) is 11.3 Å². The number of para-hydroxylation sites is 1. The number of carbonyl (C=O) groups excluding carboxylic acids is 1. The zero-order valence-corrected chi connectivity index (χ0v) is 15.9. The first kappa shape index (κ1) is 17.2. The van der Waals surface area contributed by atoms with Crippen LogP contribution < -0.4 is 16.4 Å². The van der Waals surface area contributed by atoms with Crippen LogP contribution in [-0.4, -0.2) is 39.5 Å². The Morgan fingerprint density at radius 2 is 2.11 bits per heavy atom. The van der Waals surface area contributed by atoms with Crippen LogP contribution in [0.1, 0.15) is 41.0 Å². The lowest BCUT2D eigenvalue weighted by Gasteiger charge is -2.16. The highest BCUT2D eigenvalue weighted by Crippen LogP contribution is 2.31. The third-order valence-electron chi connectivity index (χ3n) is 5.78. The molecule has 1 saturated carbocycles. The maximum absolute atomic E-state index is 12.1. The first-order valence-corrected chi connectivity index (χ1v) is 9.88. The third kappa shape index (κ3) is 2.92. The second kappa shape index (κ2) is 6.60. The summed E-state index contributed by atoms with van der Waals surface area (Å²) < 4.78 is 0. The quantitative estimate of drug-likeness (QED) is 0.562. The van der Waals surface area contributed by atoms with Crippen LogP contribution in [0.2, 0.25) is 0 Å². The number of carbonyl (C=O) groups is 1. The molecule has 0 unspecified atom stereocenters. The molecule has 2 atom stereocenters. The fraction of sp³-hybridized carbons (Fsp3) is 0.381. The number of hydrogen-bond acceptors (Lipinski definition) is 5. The average molecular weight is 376 g/mol. The molecular formula is C21H24N6O. The zero-order chi connectivity index (χ0) is 19.3. The lowest BCUT2D eigenvalue weighted by molar-refractivity contribution is 0.0946. The van der Waals surface area contributed by atoms with Crippen molar-refractivity contribution >= 4 is 22.8 Å². The molecule has 1 fully saturated rings. The highest BCUT2D eigenvalue weighted by atomic mass is 16.1. The number of aromatic nitrogens is 3. The van der Waals surface area contributed by atoms with Crippen molar-refractivity contribution in [2.75, 3.05) is 11.9 Å². The maximum Gasteiger partial charge on any atom is 0.253 e. The molecule has 2 aliphatic rings. The summed E-state index contributed by atoms with van der Waals surface area (Å²) in [6.07, 6.45) is 3.87. The molecule has 1 aliphatic carbocycles. The van der Waals surface area contributed by atoms with Gasteiger partial charge in [-0.25, -0.2) is 9.97 Å². The van der Waals surface area contributed by atoms with E-state index in [1.807, 2.05) is 31.2 Å². The molecule has 5 rings (SSSR count). The Balaban J connectivity index is 1.58. The molecule has 3 aromatic rings. The number of amides is 1. The average Bonchev–Trinajstić information content (AvgIpc) is 3.29. The van der Waals surface area contributed by atoms with Gasteiger partial charge in [-0.15, -0.1) is 0 Å². The first-order chi connectivity index (χ1) is 13.6. The van der Waals surface area contributed by atoms with Crippen molar-refractivity contribution in [3.05, 3.63) is 41.2 Å². The number of nitrogens with zero attached hydrogens (tertiary/aromatic N) is 2. The molecule has 0 bridgehead atoms. The Bertz CT molecular complexity index is 1070. The van der Waals surface area contributed by atoms with Crippen LogP contribution in [0.25, 0.3) is 22.3 Å². The van der Waals surface area contributed by atoms with Crippen LogP contribution in [0.5, 0.6) is 0 Å². The standard InChI is InChI=1S/C21H24N6O/c1-11-20(25-13-6-5-12(22)9-13)27-19-14(3-2-4-17(19)24-11)18-10-15-16(26-18)7-8-23-21(15)28/h2-4,10,12-13,26H,5-9,22H2,1H3,(H,23,28)(H,25,27)/t12-,13+/m1/s1. The van der Waals surface area contributed by atoms with E-state index < -0.39 is 0 Å². The van der Waals surface area contributed by atoms with Crippen LogP contribution in [0.15, 0.2) is 24.3 Å². The number of aromatic amines is 1. The minimum absolute atomic E-state index is 0.0224. The summed E-state index contributed by atoms with van der Waals surface area (Å²) in [4.78, 5) is 25.3. The van der Waals surface area contributed by atoms with Crippen LogP contribution in [0, 0.1) is 6.92 Å². The van der Waals surface area contributed by atoms with Gasteiger partial charge in [-0.05, 0) is 38.3 Å². The molecule has 1 aromatic carbocycles. The van der Waals surface area contributed by atoms with E-state index in [-0.39, 0.29) is 11.9 Å². The summed E-state index contributed by atoms with van der Waals surface area (Å²) in [5, 5.41) is 6.43. The summed E-state index contributed by atoms with van der Waals surface area (Å²) in [5.41, 5.74) is 12.2. The van der Waals surface area contributed by atoms with E-state index in [2.05, 4.69) is 15.6 Å². The molecule has 144 valence electrons. The minimum Gasteiger partial charge on any atom is -0.366 e. The molecule has 1 aliphatic heterocycles. The van der Waals surface area contributed by atoms with Crippen LogP contribution in [0.3, 0.4) is 0 Å². The van der Waals surface area contributed by atoms with Crippen LogP contribution >= 0.6 is 0 Å². The minimum atomic E-state index is -0.0224. The fourth-order valence-corrected chi connectivity index (χ4v) is 4.30. The molecule has 3 heterocycles. The van der Waals surface area contributed by atoms with Gasteiger partial charge < -0.3 is 21.4 Å². The van der Waals surface area contributed by atoms with E-state index in [4.69, 9.17) is 15.7 Å². The molecule has 28 heavy (non-hydrogen) atoms. The van der Waals surface area contributed by atoms with Crippen molar-refractivity contribution in [3.8, 4) is 11.3 Å². The summed E-state index contributed by atoms with van der Waals surface area (Å²) in [6.45, 7) is 2.64. The van der Waals surface area contributed by atoms with Crippen LogP contribution in [-0.2, 0) is 6.42 Å². The van der Waals surface area contributed by atoms with E-state index in [1.165, 1.54) is 0 Å². The van der Waals surface area contributed by atoms with Gasteiger partial charge in [-0.2, -0.15) is 0 Å². The predicted molar refractivity (Wildman–Crippen MR) is 109 cm³/mol. The van der Waals surface area contributed by atoms with Crippen molar-refractivity contribution in [1.29, 1.82) is 0 Å². The fourth-order valence-electron chi connectivity index (χ4n) is 4.30. The van der Waals surface area contributed by atoms with Gasteiger partial charge in [0.15, 0.2) is 0 Å². The first-order valence-electron chi connectivity index (χ1n) is 9.88. The monoisotopic (exact) mass is 376 g/mol. The van der Waals surface area contributed by atoms with E-state index in [0.29, 0.717) is 12.6 Å². The molecule has 0 radical (unpaired) electrons. The second-order valence-electron chi connectivity index (χ2n) is 7.83. The van der Waals surface area contributed by atoms with E-state index in [1.54, 1.807) is 0 Å². The van der Waals surface area contributed by atoms with Crippen LogP contribution in [0.4, 0.5) is 5.82 Å². The van der Waals surface area contributed by atoms with Crippen molar-refractivity contribution in [3.63, 3.8) is 0 Å². The Morgan fingerprint density at radius 1 is 1.21 bits per heavy atom. The zero-order valence-electron chi connectivity index (χ0n) is 15.9. The molecule has 5 N–H and O–H groups in total. The number of nitrogens with one attached hydrogen (secondary N) is 3. The summed E-state index contributed by atoms with van der Waals surface area (Å²) in [5.74, 6) is 0.791. The lowest BCUT2D eigenvalue weighted by atomic mass is 10.1. The van der Waals surface area contributed by atoms with Gasteiger partial charge in [-0.1, -0.05) is 12.1 Å². The number of hydrogen-bond donors (Lipinski definition) is 4. The summed E-state index contributed by atoms with van der Waals surface area (Å²) in [6, 6.07) is 8.51. The summed E-state index contributed by atoms with van der Waals surface area (Å²) in [7, 11) is 0. The third-order valence-corrected chi connectivity index (χ3v) is 5.78. The Morgan fingerprint density at radius 3 is 2.89 bits per heavy atom. The largest absolute Gasteiger partial charge is 0.366 e. The highest BCUT2D eigenvalue weighted by molar-refractivity contribution is 5.99. The van der Waals surface area contributed by atoms with Crippen molar-refractivity contribution < 1.29 is 4.79 Å². The van der Waals surface area contributed by atoms with Gasteiger partial charge in [0, 0.05) is 42.0 Å². The Hall–Kier alpha value is -2.93. The summed E-state index contributed by atoms with van der Waals surface area (Å²) >= 11 is 0. The smallest absolute Gasteiger partial charge is 0.253 e. The highest BCUT2D eigenvalue weighted by Gasteiger charge is 2.24. The number of benzene rings is 1. The SMILES string of the molecule is Cc1nc2cccc(-c3cc4c([nH]3)CCNC4=O)c2nc1N[C@H]1CC[C@@H](N)C1.